The summed E-state index contributed by atoms with van der Waals surface area (Å²) in [5.74, 6) is 0.566. The van der Waals surface area contributed by atoms with Crippen LogP contribution in [0.25, 0.3) is 11.3 Å². The summed E-state index contributed by atoms with van der Waals surface area (Å²) >= 11 is 0. The van der Waals surface area contributed by atoms with Crippen LogP contribution in [0.15, 0.2) is 65.1 Å². The van der Waals surface area contributed by atoms with Gasteiger partial charge in [-0.15, -0.1) is 0 Å². The van der Waals surface area contributed by atoms with E-state index in [1.54, 1.807) is 24.3 Å². The van der Waals surface area contributed by atoms with Crippen molar-refractivity contribution < 1.29 is 14.0 Å². The molecular weight excluding hydrogens is 376 g/mol. The molecule has 0 unspecified atom stereocenters. The van der Waals surface area contributed by atoms with Gasteiger partial charge in [0.25, 0.3) is 5.91 Å². The van der Waals surface area contributed by atoms with Gasteiger partial charge >= 0.3 is 0 Å². The third kappa shape index (κ3) is 4.62. The van der Waals surface area contributed by atoms with E-state index in [1.807, 2.05) is 24.3 Å². The van der Waals surface area contributed by atoms with Crippen LogP contribution in [0.1, 0.15) is 53.5 Å². The molecule has 0 spiro atoms. The molecule has 5 nitrogen and oxygen atoms in total. The standard InChI is InChI=1S/C25H26N2O3/c1-18(28)19-6-8-20(9-7-19)23-14-15-24(30-23)25(29)26-21-10-12-22(13-11-21)27-16-4-2-3-5-17-27/h6-15H,2-5,16-17H2,1H3,(H,26,29). The van der Waals surface area contributed by atoms with Crippen LogP contribution in [0.3, 0.4) is 0 Å². The highest BCUT2D eigenvalue weighted by Crippen LogP contribution is 2.25. The van der Waals surface area contributed by atoms with E-state index < -0.39 is 0 Å². The van der Waals surface area contributed by atoms with Gasteiger partial charge in [0.2, 0.25) is 0 Å². The van der Waals surface area contributed by atoms with Crippen molar-refractivity contribution in [1.82, 2.24) is 0 Å². The lowest BCUT2D eigenvalue weighted by molar-refractivity contribution is 0.0994. The number of hydrogen-bond acceptors (Lipinski definition) is 4. The van der Waals surface area contributed by atoms with Crippen LogP contribution in [0.5, 0.6) is 0 Å². The molecular formula is C25H26N2O3. The highest BCUT2D eigenvalue weighted by atomic mass is 16.3. The van der Waals surface area contributed by atoms with Gasteiger partial charge in [0, 0.05) is 35.6 Å². The summed E-state index contributed by atoms with van der Waals surface area (Å²) in [7, 11) is 0. The van der Waals surface area contributed by atoms with E-state index in [9.17, 15) is 9.59 Å². The van der Waals surface area contributed by atoms with Gasteiger partial charge in [-0.1, -0.05) is 37.1 Å². The Morgan fingerprint density at radius 2 is 1.50 bits per heavy atom. The van der Waals surface area contributed by atoms with Crippen LogP contribution in [0.2, 0.25) is 0 Å². The Bertz CT molecular complexity index is 1010. The second-order valence-electron chi connectivity index (χ2n) is 7.70. The molecule has 0 saturated carbocycles. The molecule has 0 atom stereocenters. The molecule has 1 aliphatic heterocycles. The number of amides is 1. The van der Waals surface area contributed by atoms with Gasteiger partial charge in [-0.25, -0.2) is 0 Å². The molecule has 0 bridgehead atoms. The second-order valence-corrected chi connectivity index (χ2v) is 7.70. The fourth-order valence-corrected chi connectivity index (χ4v) is 3.76. The molecule has 0 radical (unpaired) electrons. The van der Waals surface area contributed by atoms with E-state index >= 15 is 0 Å². The van der Waals surface area contributed by atoms with Gasteiger partial charge < -0.3 is 14.6 Å². The van der Waals surface area contributed by atoms with E-state index in [2.05, 4.69) is 22.3 Å². The molecule has 1 aliphatic rings. The smallest absolute Gasteiger partial charge is 0.291 e. The Labute approximate surface area is 176 Å². The monoisotopic (exact) mass is 402 g/mol. The first-order chi connectivity index (χ1) is 14.6. The van der Waals surface area contributed by atoms with Crippen molar-refractivity contribution in [3.8, 4) is 11.3 Å². The molecule has 1 aromatic heterocycles. The van der Waals surface area contributed by atoms with Crippen LogP contribution in [-0.4, -0.2) is 24.8 Å². The fraction of sp³-hybridized carbons (Fsp3) is 0.280. The molecule has 2 heterocycles. The lowest BCUT2D eigenvalue weighted by atomic mass is 10.1. The number of furan rings is 1. The van der Waals surface area contributed by atoms with Gasteiger partial charge in [0.1, 0.15) is 5.76 Å². The summed E-state index contributed by atoms with van der Waals surface area (Å²) in [6.45, 7) is 3.72. The maximum atomic E-state index is 12.6. The molecule has 1 saturated heterocycles. The number of benzene rings is 2. The SMILES string of the molecule is CC(=O)c1ccc(-c2ccc(C(=O)Nc3ccc(N4CCCCCC4)cc3)o2)cc1. The number of hydrogen-bond donors (Lipinski definition) is 1. The number of carbonyl (C=O) groups excluding carboxylic acids is 2. The zero-order chi connectivity index (χ0) is 20.9. The lowest BCUT2D eigenvalue weighted by Gasteiger charge is -2.22. The van der Waals surface area contributed by atoms with Crippen molar-refractivity contribution in [3.05, 3.63) is 72.0 Å². The van der Waals surface area contributed by atoms with Crippen molar-refractivity contribution >= 4 is 23.1 Å². The Kier molecular flexibility index (Phi) is 5.98. The average Bonchev–Trinajstić information content (AvgIpc) is 3.10. The summed E-state index contributed by atoms with van der Waals surface area (Å²) in [5, 5.41) is 2.89. The third-order valence-corrected chi connectivity index (χ3v) is 5.50. The minimum atomic E-state index is -0.288. The maximum absolute atomic E-state index is 12.6. The van der Waals surface area contributed by atoms with E-state index in [0.29, 0.717) is 11.3 Å². The first kappa shape index (κ1) is 20.0. The van der Waals surface area contributed by atoms with Crippen LogP contribution < -0.4 is 10.2 Å². The normalized spacial score (nSPS) is 14.2. The van der Waals surface area contributed by atoms with Crippen LogP contribution in [0, 0.1) is 0 Å². The first-order valence-corrected chi connectivity index (χ1v) is 10.5. The maximum Gasteiger partial charge on any atom is 0.291 e. The largest absolute Gasteiger partial charge is 0.451 e. The Morgan fingerprint density at radius 3 is 2.13 bits per heavy atom. The number of Topliss-reactive ketones (excluding diaryl/α,β-unsaturated/α-hetero) is 1. The molecule has 5 heteroatoms. The van der Waals surface area contributed by atoms with E-state index in [4.69, 9.17) is 4.42 Å². The summed E-state index contributed by atoms with van der Waals surface area (Å²) < 4.78 is 5.73. The van der Waals surface area contributed by atoms with Crippen LogP contribution >= 0.6 is 0 Å². The summed E-state index contributed by atoms with van der Waals surface area (Å²) in [6.07, 6.45) is 5.07. The van der Waals surface area contributed by atoms with Gasteiger partial charge in [-0.3, -0.25) is 9.59 Å². The molecule has 3 aromatic rings. The third-order valence-electron chi connectivity index (χ3n) is 5.50. The molecule has 1 fully saturated rings. The summed E-state index contributed by atoms with van der Waals surface area (Å²) in [4.78, 5) is 26.4. The Morgan fingerprint density at radius 1 is 0.833 bits per heavy atom. The van der Waals surface area contributed by atoms with Crippen LogP contribution in [0.4, 0.5) is 11.4 Å². The van der Waals surface area contributed by atoms with Crippen molar-refractivity contribution in [1.29, 1.82) is 0 Å². The Hall–Kier alpha value is -3.34. The highest BCUT2D eigenvalue weighted by Gasteiger charge is 2.14. The highest BCUT2D eigenvalue weighted by molar-refractivity contribution is 6.02. The molecule has 1 amide bonds. The number of ketones is 1. The minimum Gasteiger partial charge on any atom is -0.451 e. The zero-order valence-corrected chi connectivity index (χ0v) is 17.2. The predicted molar refractivity (Wildman–Crippen MR) is 119 cm³/mol. The fourth-order valence-electron chi connectivity index (χ4n) is 3.76. The van der Waals surface area contributed by atoms with Gasteiger partial charge in [0.15, 0.2) is 11.5 Å². The molecule has 30 heavy (non-hydrogen) atoms. The second kappa shape index (κ2) is 8.99. The number of nitrogens with one attached hydrogen (secondary N) is 1. The van der Waals surface area contributed by atoms with Crippen LogP contribution in [-0.2, 0) is 0 Å². The topological polar surface area (TPSA) is 62.6 Å². The number of anilines is 2. The molecule has 4 rings (SSSR count). The van der Waals surface area contributed by atoms with Crippen molar-refractivity contribution in [3.63, 3.8) is 0 Å². The average molecular weight is 402 g/mol. The van der Waals surface area contributed by atoms with Gasteiger partial charge in [0.05, 0.1) is 0 Å². The quantitative estimate of drug-likeness (QED) is 0.549. The zero-order valence-electron chi connectivity index (χ0n) is 17.2. The van der Waals surface area contributed by atoms with Crippen molar-refractivity contribution in [2.75, 3.05) is 23.3 Å². The summed E-state index contributed by atoms with van der Waals surface area (Å²) in [6, 6.07) is 18.6. The molecule has 2 aromatic carbocycles. The van der Waals surface area contributed by atoms with E-state index in [0.717, 1.165) is 24.3 Å². The first-order valence-electron chi connectivity index (χ1n) is 10.5. The van der Waals surface area contributed by atoms with E-state index in [-0.39, 0.29) is 17.5 Å². The van der Waals surface area contributed by atoms with Gasteiger partial charge in [-0.2, -0.15) is 0 Å². The van der Waals surface area contributed by atoms with Crippen molar-refractivity contribution in [2.24, 2.45) is 0 Å². The number of nitrogens with zero attached hydrogens (tertiary/aromatic N) is 1. The molecule has 0 aliphatic carbocycles. The van der Waals surface area contributed by atoms with E-state index in [1.165, 1.54) is 38.3 Å². The number of rotatable bonds is 5. The molecule has 154 valence electrons. The van der Waals surface area contributed by atoms with Gasteiger partial charge in [-0.05, 0) is 56.2 Å². The lowest BCUT2D eigenvalue weighted by Crippen LogP contribution is -2.23. The molecule has 1 N–H and O–H groups in total. The Balaban J connectivity index is 1.41. The van der Waals surface area contributed by atoms with Crippen molar-refractivity contribution in [2.45, 2.75) is 32.6 Å². The summed E-state index contributed by atoms with van der Waals surface area (Å²) in [5.41, 5.74) is 3.40. The predicted octanol–water partition coefficient (Wildman–Crippen LogP) is 5.78. The number of carbonyl (C=O) groups is 2. The minimum absolute atomic E-state index is 0.0166.